The van der Waals surface area contributed by atoms with E-state index in [9.17, 15) is 4.79 Å². The fourth-order valence-corrected chi connectivity index (χ4v) is 2.75. The summed E-state index contributed by atoms with van der Waals surface area (Å²) in [5.41, 5.74) is 2.93. The summed E-state index contributed by atoms with van der Waals surface area (Å²) in [6.07, 6.45) is 7.12. The number of nitrogens with one attached hydrogen (secondary N) is 1. The van der Waals surface area contributed by atoms with Gasteiger partial charge in [-0.15, -0.1) is 0 Å². The predicted octanol–water partition coefficient (Wildman–Crippen LogP) is 0.938. The molecule has 0 saturated carbocycles. The van der Waals surface area contributed by atoms with Crippen molar-refractivity contribution in [2.75, 3.05) is 7.11 Å². The molecule has 0 amide bonds. The number of carbonyl (C=O) groups is 1. The van der Waals surface area contributed by atoms with Crippen LogP contribution in [0.25, 0.3) is 5.57 Å². The van der Waals surface area contributed by atoms with Crippen LogP contribution >= 0.6 is 0 Å². The Morgan fingerprint density at radius 3 is 3.00 bits per heavy atom. The summed E-state index contributed by atoms with van der Waals surface area (Å²) in [4.78, 5) is 14.7. The van der Waals surface area contributed by atoms with Crippen LogP contribution in [0.5, 0.6) is 0 Å². The van der Waals surface area contributed by atoms with Gasteiger partial charge in [-0.2, -0.15) is 0 Å². The molecule has 0 spiro atoms. The molecule has 75 valence electrons. The van der Waals surface area contributed by atoms with E-state index in [0.29, 0.717) is 5.56 Å². The number of H-pyrrole nitrogens is 1. The molecule has 0 atom stereocenters. The number of methoxy groups -OCH3 is 1. The van der Waals surface area contributed by atoms with Gasteiger partial charge in [0.1, 0.15) is 0 Å². The van der Waals surface area contributed by atoms with E-state index in [0.717, 1.165) is 41.1 Å². The molecule has 1 heterocycles. The Balaban J connectivity index is 2.33. The zero-order chi connectivity index (χ0) is 10.8. The topological polar surface area (TPSA) is 42.1 Å². The number of hydrogen-bond donors (Lipinski definition) is 1. The van der Waals surface area contributed by atoms with Gasteiger partial charge >= 0.3 is 104 Å². The molecule has 3 nitrogen and oxygen atoms in total. The van der Waals surface area contributed by atoms with Crippen LogP contribution in [0.15, 0.2) is 24.3 Å². The minimum atomic E-state index is -0.256. The van der Waals surface area contributed by atoms with Gasteiger partial charge in [-0.3, -0.25) is 0 Å². The first-order valence-corrected chi connectivity index (χ1v) is 6.55. The average Bonchev–Trinajstić information content (AvgIpc) is 2.84. The Morgan fingerprint density at radius 1 is 1.60 bits per heavy atom. The third kappa shape index (κ3) is 2.06. The summed E-state index contributed by atoms with van der Waals surface area (Å²) in [7, 11) is 1.41. The van der Waals surface area contributed by atoms with Crippen LogP contribution in [0, 0.1) is 0 Å². The van der Waals surface area contributed by atoms with Gasteiger partial charge in [0.25, 0.3) is 0 Å². The quantitative estimate of drug-likeness (QED) is 0.598. The molecule has 2 rings (SSSR count). The number of aromatic nitrogens is 1. The first kappa shape index (κ1) is 10.7. The molecule has 1 aromatic rings. The Labute approximate surface area is 104 Å². The number of hydrogen-bond acceptors (Lipinski definition) is 2. The van der Waals surface area contributed by atoms with Crippen molar-refractivity contribution in [1.29, 1.82) is 0 Å². The number of esters is 1. The molecule has 1 aromatic heterocycles. The zero-order valence-corrected chi connectivity index (χ0v) is 12.2. The predicted molar refractivity (Wildman–Crippen MR) is 59.3 cm³/mol. The molecule has 1 aliphatic carbocycles. The second-order valence-electron chi connectivity index (χ2n) is 3.29. The van der Waals surface area contributed by atoms with E-state index in [-0.39, 0.29) is 5.97 Å². The third-order valence-electron chi connectivity index (χ3n) is 2.34. The summed E-state index contributed by atoms with van der Waals surface area (Å²) in [5.74, 6) is -0.256. The van der Waals surface area contributed by atoms with Crippen molar-refractivity contribution in [3.63, 3.8) is 0 Å². The van der Waals surface area contributed by atoms with Gasteiger partial charge in [-0.25, -0.2) is 0 Å². The molecule has 4 heteroatoms. The van der Waals surface area contributed by atoms with Crippen molar-refractivity contribution in [2.24, 2.45) is 0 Å². The van der Waals surface area contributed by atoms with E-state index >= 15 is 0 Å². The maximum absolute atomic E-state index is 11.4. The molecule has 0 aromatic carbocycles. The number of ether oxygens (including phenoxy) is 1. The van der Waals surface area contributed by atoms with Crippen molar-refractivity contribution >= 4 is 40.6 Å². The van der Waals surface area contributed by atoms with Crippen LogP contribution in [-0.4, -0.2) is 43.8 Å². The van der Waals surface area contributed by atoms with E-state index in [2.05, 4.69) is 17.1 Å². The molecule has 15 heavy (non-hydrogen) atoms. The van der Waals surface area contributed by atoms with E-state index in [1.165, 1.54) is 12.7 Å². The molecule has 1 N–H and O–H groups in total. The van der Waals surface area contributed by atoms with Gasteiger partial charge in [0.15, 0.2) is 0 Å². The SMILES string of the molecule is COC(=O)c1cc(C2=CC=CC2)[nH][c]1[Pb]. The molecule has 3 radical (unpaired) electrons. The van der Waals surface area contributed by atoms with Crippen molar-refractivity contribution < 1.29 is 9.53 Å². The van der Waals surface area contributed by atoms with Crippen LogP contribution in [0.3, 0.4) is 0 Å². The normalized spacial score (nSPS) is 14.1. The van der Waals surface area contributed by atoms with Crippen LogP contribution in [0.2, 0.25) is 0 Å². The summed E-state index contributed by atoms with van der Waals surface area (Å²) in [6.45, 7) is 0. The monoisotopic (exact) mass is 396 g/mol. The molecule has 0 saturated heterocycles. The Morgan fingerprint density at radius 2 is 2.40 bits per heavy atom. The van der Waals surface area contributed by atoms with Crippen molar-refractivity contribution in [3.8, 4) is 0 Å². The molecule has 0 aliphatic heterocycles. The zero-order valence-electron chi connectivity index (χ0n) is 8.33. The number of carbonyl (C=O) groups excluding carboxylic acids is 1. The molecule has 0 unspecified atom stereocenters. The minimum absolute atomic E-state index is 0.256. The van der Waals surface area contributed by atoms with Crippen LogP contribution in [0.1, 0.15) is 22.5 Å². The average molecular weight is 395 g/mol. The summed E-state index contributed by atoms with van der Waals surface area (Å²) < 4.78 is 5.71. The van der Waals surface area contributed by atoms with Gasteiger partial charge in [0.2, 0.25) is 0 Å². The standard InChI is InChI=1S/C11H10NO2.Pb/c1-14-11(13)9-6-10(12-7-9)8-4-2-3-5-8;/h2-4,6,12H,5H2,1H3;. The first-order chi connectivity index (χ1) is 7.22. The molecule has 0 fully saturated rings. The van der Waals surface area contributed by atoms with Crippen molar-refractivity contribution in [3.05, 3.63) is 35.6 Å². The first-order valence-electron chi connectivity index (χ1n) is 4.61. The third-order valence-corrected chi connectivity index (χ3v) is 3.87. The Kier molecular flexibility index (Phi) is 3.09. The van der Waals surface area contributed by atoms with Crippen LogP contribution in [-0.2, 0) is 4.74 Å². The fourth-order valence-electron chi connectivity index (χ4n) is 1.55. The van der Waals surface area contributed by atoms with E-state index in [1.54, 1.807) is 0 Å². The fraction of sp³-hybridized carbons (Fsp3) is 0.182. The molecule has 0 bridgehead atoms. The number of aromatic amines is 1. The summed E-state index contributed by atoms with van der Waals surface area (Å²) >= 11 is 0.816. The van der Waals surface area contributed by atoms with Gasteiger partial charge in [-0.05, 0) is 0 Å². The second-order valence-corrected chi connectivity index (χ2v) is 5.23. The maximum atomic E-state index is 11.4. The van der Waals surface area contributed by atoms with Crippen LogP contribution < -0.4 is 3.25 Å². The van der Waals surface area contributed by atoms with E-state index in [4.69, 9.17) is 4.74 Å². The molecular weight excluding hydrogens is 385 g/mol. The van der Waals surface area contributed by atoms with Gasteiger partial charge in [-0.1, -0.05) is 0 Å². The van der Waals surface area contributed by atoms with E-state index in [1.807, 2.05) is 12.1 Å². The molecular formula is C11H10NO2Pb. The van der Waals surface area contributed by atoms with Gasteiger partial charge in [0.05, 0.1) is 0 Å². The number of allylic oxidation sites excluding steroid dienone is 4. The van der Waals surface area contributed by atoms with Gasteiger partial charge in [0, 0.05) is 0 Å². The Hall–Kier alpha value is -0.848. The van der Waals surface area contributed by atoms with Crippen molar-refractivity contribution in [1.82, 2.24) is 4.98 Å². The van der Waals surface area contributed by atoms with Gasteiger partial charge < -0.3 is 0 Å². The summed E-state index contributed by atoms with van der Waals surface area (Å²) in [5, 5.41) is 0. The number of rotatable bonds is 2. The Bertz CT molecular complexity index is 457. The summed E-state index contributed by atoms with van der Waals surface area (Å²) in [6, 6.07) is 1.88. The van der Waals surface area contributed by atoms with E-state index < -0.39 is 0 Å². The molecule has 1 aliphatic rings. The second kappa shape index (κ2) is 4.34. The van der Waals surface area contributed by atoms with Crippen molar-refractivity contribution in [2.45, 2.75) is 6.42 Å². The van der Waals surface area contributed by atoms with Crippen LogP contribution in [0.4, 0.5) is 0 Å².